The average Bonchev–Trinajstić information content (AvgIpc) is 2.81. The molecule has 5 nitrogen and oxygen atoms in total. The molecule has 2 unspecified atom stereocenters. The summed E-state index contributed by atoms with van der Waals surface area (Å²) in [5.74, 6) is 0.0362. The van der Waals surface area contributed by atoms with Crippen molar-refractivity contribution in [2.75, 3.05) is 26.7 Å². The number of nitrogens with zero attached hydrogens (tertiary/aromatic N) is 1. The monoisotopic (exact) mass is 225 g/mol. The molecule has 0 aliphatic carbocycles. The van der Waals surface area contributed by atoms with E-state index < -0.39 is 0 Å². The Kier molecular flexibility index (Phi) is 2.88. The lowest BCUT2D eigenvalue weighted by molar-refractivity contribution is -0.135. The molecule has 90 valence electrons. The first-order chi connectivity index (χ1) is 7.53. The lowest BCUT2D eigenvalue weighted by atomic mass is 9.88. The predicted molar refractivity (Wildman–Crippen MR) is 59.8 cm³/mol. The van der Waals surface area contributed by atoms with Gasteiger partial charge in [0.25, 0.3) is 0 Å². The highest BCUT2D eigenvalue weighted by molar-refractivity contribution is 5.91. The molecule has 0 bridgehead atoms. The molecule has 0 saturated carbocycles. The molecule has 2 rings (SSSR count). The Bertz CT molecular complexity index is 310. The minimum atomic E-state index is -0.346. The number of hydrogen-bond donors (Lipinski definition) is 2. The molecule has 2 heterocycles. The van der Waals surface area contributed by atoms with Crippen molar-refractivity contribution >= 4 is 11.8 Å². The van der Waals surface area contributed by atoms with Gasteiger partial charge in [-0.2, -0.15) is 0 Å². The highest BCUT2D eigenvalue weighted by Crippen LogP contribution is 2.25. The summed E-state index contributed by atoms with van der Waals surface area (Å²) in [6, 6.07) is -0.310. The van der Waals surface area contributed by atoms with Crippen molar-refractivity contribution in [1.29, 1.82) is 0 Å². The Labute approximate surface area is 95.6 Å². The third-order valence-corrected chi connectivity index (χ3v) is 3.65. The zero-order valence-electron chi connectivity index (χ0n) is 9.88. The molecule has 16 heavy (non-hydrogen) atoms. The Hall–Kier alpha value is -1.10. The standard InChI is InChI=1S/C11H19N3O2/c1-11(4-5-12-7-11)10(16)13-8-3-6-14(2)9(8)15/h8,12H,3-7H2,1-2H3,(H,13,16). The third kappa shape index (κ3) is 1.91. The largest absolute Gasteiger partial charge is 0.344 e. The molecule has 2 N–H and O–H groups in total. The molecular formula is C11H19N3O2. The molecule has 2 atom stereocenters. The quantitative estimate of drug-likeness (QED) is 0.655. The maximum Gasteiger partial charge on any atom is 0.244 e. The highest BCUT2D eigenvalue weighted by Gasteiger charge is 2.39. The van der Waals surface area contributed by atoms with Crippen LogP contribution in [-0.2, 0) is 9.59 Å². The van der Waals surface area contributed by atoms with Crippen LogP contribution in [-0.4, -0.2) is 49.4 Å². The van der Waals surface area contributed by atoms with E-state index in [9.17, 15) is 9.59 Å². The van der Waals surface area contributed by atoms with Gasteiger partial charge in [0.2, 0.25) is 11.8 Å². The fraction of sp³-hybridized carbons (Fsp3) is 0.818. The van der Waals surface area contributed by atoms with Crippen molar-refractivity contribution < 1.29 is 9.59 Å². The fourth-order valence-electron chi connectivity index (χ4n) is 2.30. The van der Waals surface area contributed by atoms with Crippen LogP contribution in [0.3, 0.4) is 0 Å². The molecule has 0 aromatic heterocycles. The van der Waals surface area contributed by atoms with Crippen molar-refractivity contribution in [3.63, 3.8) is 0 Å². The Morgan fingerprint density at radius 3 is 2.88 bits per heavy atom. The van der Waals surface area contributed by atoms with Crippen LogP contribution in [0.5, 0.6) is 0 Å². The van der Waals surface area contributed by atoms with E-state index in [1.165, 1.54) is 0 Å². The van der Waals surface area contributed by atoms with Crippen molar-refractivity contribution in [3.8, 4) is 0 Å². The summed E-state index contributed by atoms with van der Waals surface area (Å²) < 4.78 is 0. The van der Waals surface area contributed by atoms with Crippen LogP contribution in [0.25, 0.3) is 0 Å². The number of carbonyl (C=O) groups excluding carboxylic acids is 2. The van der Waals surface area contributed by atoms with E-state index in [2.05, 4.69) is 10.6 Å². The number of nitrogens with one attached hydrogen (secondary N) is 2. The van der Waals surface area contributed by atoms with Crippen LogP contribution in [0.1, 0.15) is 19.8 Å². The minimum absolute atomic E-state index is 0.00569. The van der Waals surface area contributed by atoms with E-state index in [4.69, 9.17) is 0 Å². The molecule has 5 heteroatoms. The van der Waals surface area contributed by atoms with Gasteiger partial charge >= 0.3 is 0 Å². The van der Waals surface area contributed by atoms with E-state index in [1.54, 1.807) is 11.9 Å². The number of likely N-dealkylation sites (N-methyl/N-ethyl adjacent to an activating group) is 1. The first-order valence-electron chi connectivity index (χ1n) is 5.80. The van der Waals surface area contributed by atoms with Crippen LogP contribution in [0, 0.1) is 5.41 Å². The van der Waals surface area contributed by atoms with Crippen molar-refractivity contribution in [3.05, 3.63) is 0 Å². The summed E-state index contributed by atoms with van der Waals surface area (Å²) in [4.78, 5) is 25.4. The Morgan fingerprint density at radius 2 is 2.38 bits per heavy atom. The van der Waals surface area contributed by atoms with Crippen molar-refractivity contribution in [2.45, 2.75) is 25.8 Å². The van der Waals surface area contributed by atoms with Gasteiger partial charge in [0.05, 0.1) is 5.41 Å². The molecule has 0 radical (unpaired) electrons. The lowest BCUT2D eigenvalue weighted by Crippen LogP contribution is -2.47. The summed E-state index contributed by atoms with van der Waals surface area (Å²) >= 11 is 0. The summed E-state index contributed by atoms with van der Waals surface area (Å²) in [6.07, 6.45) is 1.57. The van der Waals surface area contributed by atoms with E-state index in [0.29, 0.717) is 6.54 Å². The van der Waals surface area contributed by atoms with E-state index >= 15 is 0 Å². The first-order valence-corrected chi connectivity index (χ1v) is 5.80. The van der Waals surface area contributed by atoms with E-state index in [1.807, 2.05) is 6.92 Å². The van der Waals surface area contributed by atoms with Crippen LogP contribution in [0.2, 0.25) is 0 Å². The third-order valence-electron chi connectivity index (χ3n) is 3.65. The maximum atomic E-state index is 12.1. The van der Waals surface area contributed by atoms with Gasteiger partial charge in [-0.1, -0.05) is 0 Å². The van der Waals surface area contributed by atoms with Gasteiger partial charge in [0.1, 0.15) is 6.04 Å². The zero-order chi connectivity index (χ0) is 11.8. The molecular weight excluding hydrogens is 206 g/mol. The lowest BCUT2D eigenvalue weighted by Gasteiger charge is -2.23. The Balaban J connectivity index is 1.95. The predicted octanol–water partition coefficient (Wildman–Crippen LogP) is -0.667. The van der Waals surface area contributed by atoms with Gasteiger partial charge in [-0.15, -0.1) is 0 Å². The van der Waals surface area contributed by atoms with Crippen molar-refractivity contribution in [1.82, 2.24) is 15.5 Å². The number of rotatable bonds is 2. The van der Waals surface area contributed by atoms with Crippen LogP contribution in [0.15, 0.2) is 0 Å². The second-order valence-electron chi connectivity index (χ2n) is 5.06. The normalized spacial score (nSPS) is 34.5. The van der Waals surface area contributed by atoms with Gasteiger partial charge in [-0.05, 0) is 26.3 Å². The van der Waals surface area contributed by atoms with E-state index in [0.717, 1.165) is 25.9 Å². The second kappa shape index (κ2) is 4.05. The number of hydrogen-bond acceptors (Lipinski definition) is 3. The molecule has 2 amide bonds. The molecule has 2 saturated heterocycles. The van der Waals surface area contributed by atoms with Gasteiger partial charge in [0.15, 0.2) is 0 Å². The summed E-state index contributed by atoms with van der Waals surface area (Å²) in [5, 5.41) is 6.05. The van der Waals surface area contributed by atoms with Crippen LogP contribution >= 0.6 is 0 Å². The fourth-order valence-corrected chi connectivity index (χ4v) is 2.30. The van der Waals surface area contributed by atoms with Gasteiger partial charge in [0, 0.05) is 20.1 Å². The average molecular weight is 225 g/mol. The molecule has 0 spiro atoms. The van der Waals surface area contributed by atoms with E-state index in [-0.39, 0.29) is 23.3 Å². The van der Waals surface area contributed by atoms with Crippen LogP contribution in [0.4, 0.5) is 0 Å². The van der Waals surface area contributed by atoms with Crippen LogP contribution < -0.4 is 10.6 Å². The first kappa shape index (κ1) is 11.4. The molecule has 2 aliphatic rings. The topological polar surface area (TPSA) is 61.4 Å². The van der Waals surface area contributed by atoms with Gasteiger partial charge in [-0.25, -0.2) is 0 Å². The highest BCUT2D eigenvalue weighted by atomic mass is 16.2. The van der Waals surface area contributed by atoms with Gasteiger partial charge in [-0.3, -0.25) is 9.59 Å². The smallest absolute Gasteiger partial charge is 0.244 e. The summed E-state index contributed by atoms with van der Waals surface area (Å²) in [5.41, 5.74) is -0.346. The molecule has 0 aromatic rings. The minimum Gasteiger partial charge on any atom is -0.344 e. The maximum absolute atomic E-state index is 12.1. The number of amides is 2. The van der Waals surface area contributed by atoms with Crippen molar-refractivity contribution in [2.24, 2.45) is 5.41 Å². The molecule has 0 aromatic carbocycles. The summed E-state index contributed by atoms with van der Waals surface area (Å²) in [7, 11) is 1.77. The zero-order valence-corrected chi connectivity index (χ0v) is 9.88. The second-order valence-corrected chi connectivity index (χ2v) is 5.06. The number of likely N-dealkylation sites (tertiary alicyclic amines) is 1. The Morgan fingerprint density at radius 1 is 1.62 bits per heavy atom. The van der Waals surface area contributed by atoms with Gasteiger partial charge < -0.3 is 15.5 Å². The molecule has 2 fully saturated rings. The number of carbonyl (C=O) groups is 2. The summed E-state index contributed by atoms with van der Waals surface area (Å²) in [6.45, 7) is 4.27. The SMILES string of the molecule is CN1CCC(NC(=O)C2(C)CCNC2)C1=O. The molecule has 2 aliphatic heterocycles.